The summed E-state index contributed by atoms with van der Waals surface area (Å²) in [6.45, 7) is 4.59. The van der Waals surface area contributed by atoms with Crippen molar-refractivity contribution in [3.05, 3.63) is 78.2 Å². The standard InChI is InChI=1S/C18H21.Li/c1-3-15(2)18(17-12-8-5-9-13-17)14-16-10-6-4-7-11-16;/h4-15,18H,3H2,1-2H3;/q-1;+1. The van der Waals surface area contributed by atoms with Gasteiger partial charge in [0.25, 0.3) is 0 Å². The van der Waals surface area contributed by atoms with E-state index in [4.69, 9.17) is 0 Å². The molecule has 19 heavy (non-hydrogen) atoms. The normalized spacial score (nSPS) is 13.2. The molecule has 0 spiro atoms. The van der Waals surface area contributed by atoms with Crippen LogP contribution in [-0.2, 0) is 0 Å². The zero-order valence-corrected chi connectivity index (χ0v) is 12.2. The molecule has 94 valence electrons. The van der Waals surface area contributed by atoms with Crippen molar-refractivity contribution in [2.24, 2.45) is 5.92 Å². The van der Waals surface area contributed by atoms with Crippen molar-refractivity contribution in [3.63, 3.8) is 0 Å². The van der Waals surface area contributed by atoms with Gasteiger partial charge < -0.3 is 0 Å². The Morgan fingerprint density at radius 1 is 0.895 bits per heavy atom. The van der Waals surface area contributed by atoms with Crippen molar-refractivity contribution in [2.45, 2.75) is 26.2 Å². The van der Waals surface area contributed by atoms with Gasteiger partial charge in [0.1, 0.15) is 0 Å². The molecule has 0 aliphatic rings. The minimum atomic E-state index is 0. The maximum Gasteiger partial charge on any atom is 1.00 e. The number of rotatable bonds is 5. The predicted octanol–water partition coefficient (Wildman–Crippen LogP) is 2.07. The van der Waals surface area contributed by atoms with Gasteiger partial charge in [-0.3, -0.25) is 0 Å². The Bertz CT molecular complexity index is 450. The van der Waals surface area contributed by atoms with E-state index in [1.165, 1.54) is 17.5 Å². The van der Waals surface area contributed by atoms with Crippen LogP contribution in [0.1, 0.15) is 37.3 Å². The van der Waals surface area contributed by atoms with Crippen molar-refractivity contribution >= 4 is 0 Å². The average Bonchev–Trinajstić information content (AvgIpc) is 2.46. The predicted molar refractivity (Wildman–Crippen MR) is 78.5 cm³/mol. The van der Waals surface area contributed by atoms with Crippen LogP contribution in [0.2, 0.25) is 0 Å². The summed E-state index contributed by atoms with van der Waals surface area (Å²) in [5.41, 5.74) is 2.72. The van der Waals surface area contributed by atoms with Crippen LogP contribution < -0.4 is 18.9 Å². The molecule has 2 atom stereocenters. The van der Waals surface area contributed by atoms with Crippen LogP contribution >= 0.6 is 0 Å². The molecule has 0 aliphatic heterocycles. The molecule has 0 N–H and O–H groups in total. The minimum Gasteiger partial charge on any atom is -0.191 e. The summed E-state index contributed by atoms with van der Waals surface area (Å²) < 4.78 is 0. The monoisotopic (exact) mass is 244 g/mol. The molecule has 0 fully saturated rings. The molecule has 0 nitrogen and oxygen atoms in total. The second kappa shape index (κ2) is 8.15. The molecule has 2 aromatic rings. The van der Waals surface area contributed by atoms with E-state index in [0.29, 0.717) is 11.8 Å². The van der Waals surface area contributed by atoms with Crippen LogP contribution in [0.15, 0.2) is 60.7 Å². The van der Waals surface area contributed by atoms with Gasteiger partial charge >= 0.3 is 18.9 Å². The molecule has 2 aromatic carbocycles. The van der Waals surface area contributed by atoms with Crippen LogP contribution in [0.5, 0.6) is 0 Å². The second-order valence-electron chi connectivity index (χ2n) is 4.90. The fourth-order valence-corrected chi connectivity index (χ4v) is 2.29. The number of hydrogen-bond donors (Lipinski definition) is 0. The van der Waals surface area contributed by atoms with Gasteiger partial charge in [0.15, 0.2) is 0 Å². The van der Waals surface area contributed by atoms with E-state index >= 15 is 0 Å². The van der Waals surface area contributed by atoms with Crippen LogP contribution in [0.3, 0.4) is 0 Å². The molecular weight excluding hydrogens is 223 g/mol. The third-order valence-corrected chi connectivity index (χ3v) is 3.61. The Morgan fingerprint density at radius 2 is 1.42 bits per heavy atom. The smallest absolute Gasteiger partial charge is 0.191 e. The zero-order chi connectivity index (χ0) is 12.8. The molecule has 0 saturated heterocycles. The van der Waals surface area contributed by atoms with Crippen molar-refractivity contribution in [1.29, 1.82) is 0 Å². The van der Waals surface area contributed by atoms with Crippen LogP contribution in [-0.4, -0.2) is 0 Å². The van der Waals surface area contributed by atoms with Gasteiger partial charge in [-0.25, -0.2) is 0 Å². The van der Waals surface area contributed by atoms with Gasteiger partial charge in [-0.2, -0.15) is 24.1 Å². The molecule has 0 bridgehead atoms. The van der Waals surface area contributed by atoms with Crippen molar-refractivity contribution in [1.82, 2.24) is 0 Å². The summed E-state index contributed by atoms with van der Waals surface area (Å²) in [5, 5.41) is 0. The van der Waals surface area contributed by atoms with E-state index in [9.17, 15) is 0 Å². The Hall–Kier alpha value is -1.09. The van der Waals surface area contributed by atoms with Crippen molar-refractivity contribution in [3.8, 4) is 0 Å². The quantitative estimate of drug-likeness (QED) is 0.558. The average molecular weight is 244 g/mol. The Labute approximate surface area is 129 Å². The molecule has 2 rings (SSSR count). The number of benzene rings is 2. The van der Waals surface area contributed by atoms with Gasteiger partial charge in [0, 0.05) is 0 Å². The van der Waals surface area contributed by atoms with E-state index in [-0.39, 0.29) is 18.9 Å². The summed E-state index contributed by atoms with van der Waals surface area (Å²) in [4.78, 5) is 0. The first kappa shape index (κ1) is 16.0. The van der Waals surface area contributed by atoms with E-state index < -0.39 is 0 Å². The molecule has 0 saturated carbocycles. The minimum absolute atomic E-state index is 0. The molecule has 0 heterocycles. The van der Waals surface area contributed by atoms with Crippen molar-refractivity contribution < 1.29 is 18.9 Å². The maximum absolute atomic E-state index is 2.39. The van der Waals surface area contributed by atoms with Gasteiger partial charge in [-0.1, -0.05) is 62.2 Å². The topological polar surface area (TPSA) is 0 Å². The summed E-state index contributed by atoms with van der Waals surface area (Å²) >= 11 is 0. The summed E-state index contributed by atoms with van der Waals surface area (Å²) in [5.74, 6) is 1.16. The third kappa shape index (κ3) is 4.50. The second-order valence-corrected chi connectivity index (χ2v) is 4.90. The summed E-state index contributed by atoms with van der Waals surface area (Å²) in [7, 11) is 0. The first-order chi connectivity index (χ1) is 8.81. The Morgan fingerprint density at radius 3 is 1.95 bits per heavy atom. The van der Waals surface area contributed by atoms with E-state index in [1.807, 2.05) is 0 Å². The summed E-state index contributed by atoms with van der Waals surface area (Å²) in [6, 6.07) is 21.4. The van der Waals surface area contributed by atoms with Gasteiger partial charge in [-0.05, 0) is 11.8 Å². The SMILES string of the molecule is CCC(C)C([CH-]c1ccccc1)c1ccccc1.[Li+]. The zero-order valence-electron chi connectivity index (χ0n) is 12.2. The first-order valence-corrected chi connectivity index (χ1v) is 6.76. The van der Waals surface area contributed by atoms with E-state index in [0.717, 1.165) is 0 Å². The number of hydrogen-bond acceptors (Lipinski definition) is 0. The van der Waals surface area contributed by atoms with Gasteiger partial charge in [0.2, 0.25) is 0 Å². The first-order valence-electron chi connectivity index (χ1n) is 6.76. The van der Waals surface area contributed by atoms with E-state index in [1.54, 1.807) is 0 Å². The van der Waals surface area contributed by atoms with Gasteiger partial charge in [0.05, 0.1) is 0 Å². The largest absolute Gasteiger partial charge is 1.00 e. The molecule has 0 radical (unpaired) electrons. The fourth-order valence-electron chi connectivity index (χ4n) is 2.29. The van der Waals surface area contributed by atoms with Gasteiger partial charge in [-0.15, -0.1) is 12.1 Å². The maximum atomic E-state index is 2.39. The molecule has 1 heteroatoms. The molecule has 0 amide bonds. The summed E-state index contributed by atoms with van der Waals surface area (Å²) in [6.07, 6.45) is 3.59. The van der Waals surface area contributed by atoms with Crippen LogP contribution in [0, 0.1) is 12.3 Å². The molecule has 2 unspecified atom stereocenters. The van der Waals surface area contributed by atoms with Crippen LogP contribution in [0.25, 0.3) is 0 Å². The fraction of sp³-hybridized carbons (Fsp3) is 0.278. The molecular formula is C18H21Li. The van der Waals surface area contributed by atoms with Crippen LogP contribution in [0.4, 0.5) is 0 Å². The Kier molecular flexibility index (Phi) is 6.85. The molecule has 0 aliphatic carbocycles. The van der Waals surface area contributed by atoms with E-state index in [2.05, 4.69) is 80.9 Å². The Balaban J connectivity index is 0.00000180. The van der Waals surface area contributed by atoms with Crippen molar-refractivity contribution in [2.75, 3.05) is 0 Å². The third-order valence-electron chi connectivity index (χ3n) is 3.61. The molecule has 0 aromatic heterocycles.